The van der Waals surface area contributed by atoms with E-state index in [2.05, 4.69) is 10.1 Å². The van der Waals surface area contributed by atoms with Gasteiger partial charge in [-0.05, 0) is 43.9 Å². The number of pyridine rings is 1. The van der Waals surface area contributed by atoms with Gasteiger partial charge in [0.25, 0.3) is 5.91 Å². The van der Waals surface area contributed by atoms with Crippen molar-refractivity contribution in [1.29, 1.82) is 0 Å². The third-order valence-corrected chi connectivity index (χ3v) is 4.71. The summed E-state index contributed by atoms with van der Waals surface area (Å²) in [5.74, 6) is 0.370. The maximum atomic E-state index is 12.7. The molecule has 0 spiro atoms. The lowest BCUT2D eigenvalue weighted by molar-refractivity contribution is 0.0704. The van der Waals surface area contributed by atoms with E-state index >= 15 is 0 Å². The molecule has 6 nitrogen and oxygen atoms in total. The first-order valence-electron chi connectivity index (χ1n) is 8.09. The van der Waals surface area contributed by atoms with Gasteiger partial charge in [-0.2, -0.15) is 5.10 Å². The number of rotatable bonds is 3. The molecule has 2 aromatic rings. The van der Waals surface area contributed by atoms with Gasteiger partial charge in [-0.15, -0.1) is 0 Å². The Balaban J connectivity index is 1.54. The van der Waals surface area contributed by atoms with Gasteiger partial charge in [-0.3, -0.25) is 14.5 Å². The predicted molar refractivity (Wildman–Crippen MR) is 83.6 cm³/mol. The number of carbonyl (C=O) groups is 1. The molecule has 120 valence electrons. The molecule has 2 aromatic heterocycles. The molecule has 0 saturated heterocycles. The van der Waals surface area contributed by atoms with Crippen molar-refractivity contribution in [3.8, 4) is 0 Å². The Morgan fingerprint density at radius 2 is 2.22 bits per heavy atom. The lowest BCUT2D eigenvalue weighted by Crippen LogP contribution is -2.38. The number of hydrogen-bond acceptors (Lipinski definition) is 4. The van der Waals surface area contributed by atoms with Crippen LogP contribution in [0.2, 0.25) is 0 Å². The molecule has 1 aliphatic heterocycles. The third kappa shape index (κ3) is 2.63. The Labute approximate surface area is 134 Å². The molecule has 2 aliphatic rings. The predicted octanol–water partition coefficient (Wildman–Crippen LogP) is 1.69. The van der Waals surface area contributed by atoms with Crippen molar-refractivity contribution < 1.29 is 9.90 Å². The van der Waals surface area contributed by atoms with Gasteiger partial charge in [-0.25, -0.2) is 0 Å². The van der Waals surface area contributed by atoms with Crippen LogP contribution in [0.5, 0.6) is 0 Å². The summed E-state index contributed by atoms with van der Waals surface area (Å²) < 4.78 is 1.92. The monoisotopic (exact) mass is 312 g/mol. The van der Waals surface area contributed by atoms with Gasteiger partial charge in [-0.1, -0.05) is 0 Å². The molecule has 6 heteroatoms. The summed E-state index contributed by atoms with van der Waals surface area (Å²) >= 11 is 0. The molecule has 0 radical (unpaired) electrons. The molecule has 1 N–H and O–H groups in total. The largest absolute Gasteiger partial charge is 0.386 e. The minimum atomic E-state index is -0.460. The quantitative estimate of drug-likeness (QED) is 0.936. The molecule has 3 heterocycles. The van der Waals surface area contributed by atoms with Gasteiger partial charge in [0.1, 0.15) is 6.10 Å². The van der Waals surface area contributed by atoms with Crippen LogP contribution in [0.1, 0.15) is 46.4 Å². The van der Waals surface area contributed by atoms with Crippen molar-refractivity contribution in [1.82, 2.24) is 19.7 Å². The van der Waals surface area contributed by atoms with E-state index in [1.54, 1.807) is 12.3 Å². The highest BCUT2D eigenvalue weighted by Crippen LogP contribution is 2.40. The highest BCUT2D eigenvalue weighted by molar-refractivity contribution is 5.95. The van der Waals surface area contributed by atoms with Crippen LogP contribution in [-0.2, 0) is 13.1 Å². The molecule has 0 bridgehead atoms. The maximum absolute atomic E-state index is 12.7. The highest BCUT2D eigenvalue weighted by Gasteiger charge is 2.33. The first kappa shape index (κ1) is 14.4. The van der Waals surface area contributed by atoms with Crippen LogP contribution in [0.15, 0.2) is 24.4 Å². The van der Waals surface area contributed by atoms with E-state index in [4.69, 9.17) is 0 Å². The van der Waals surface area contributed by atoms with Crippen molar-refractivity contribution in [2.24, 2.45) is 5.92 Å². The van der Waals surface area contributed by atoms with Crippen LogP contribution in [0, 0.1) is 12.8 Å². The van der Waals surface area contributed by atoms with Crippen molar-refractivity contribution in [2.75, 3.05) is 6.54 Å². The second kappa shape index (κ2) is 5.45. The van der Waals surface area contributed by atoms with E-state index in [0.717, 1.165) is 29.9 Å². The molecule has 1 amide bonds. The number of aryl methyl sites for hydroxylation is 1. The molecule has 0 aromatic carbocycles. The zero-order chi connectivity index (χ0) is 16.0. The molecule has 23 heavy (non-hydrogen) atoms. The topological polar surface area (TPSA) is 71.2 Å². The fourth-order valence-electron chi connectivity index (χ4n) is 3.14. The average molecular weight is 312 g/mol. The Hall–Kier alpha value is -2.21. The van der Waals surface area contributed by atoms with Gasteiger partial charge in [0.2, 0.25) is 0 Å². The van der Waals surface area contributed by atoms with Crippen LogP contribution in [-0.4, -0.2) is 37.2 Å². The van der Waals surface area contributed by atoms with E-state index in [9.17, 15) is 9.90 Å². The summed E-state index contributed by atoms with van der Waals surface area (Å²) in [4.78, 5) is 18.7. The molecule has 1 aliphatic carbocycles. The summed E-state index contributed by atoms with van der Waals surface area (Å²) in [6.45, 7) is 3.67. The van der Waals surface area contributed by atoms with E-state index in [-0.39, 0.29) is 5.91 Å². The van der Waals surface area contributed by atoms with Crippen LogP contribution < -0.4 is 0 Å². The average Bonchev–Trinajstić information content (AvgIpc) is 3.32. The van der Waals surface area contributed by atoms with Gasteiger partial charge < -0.3 is 10.0 Å². The summed E-state index contributed by atoms with van der Waals surface area (Å²) in [5, 5.41) is 14.7. The van der Waals surface area contributed by atoms with E-state index in [0.29, 0.717) is 31.1 Å². The fraction of sp³-hybridized carbons (Fsp3) is 0.471. The number of hydrogen-bond donors (Lipinski definition) is 1. The normalized spacial score (nSPS) is 18.6. The van der Waals surface area contributed by atoms with Crippen LogP contribution >= 0.6 is 0 Å². The fourth-order valence-corrected chi connectivity index (χ4v) is 3.14. The smallest absolute Gasteiger partial charge is 0.256 e. The number of fused-ring (bicyclic) bond motifs is 1. The molecule has 4 rings (SSSR count). The Morgan fingerprint density at radius 3 is 2.96 bits per heavy atom. The number of aromatic nitrogens is 3. The van der Waals surface area contributed by atoms with Gasteiger partial charge in [0.05, 0.1) is 30.0 Å². The number of aliphatic hydroxyl groups excluding tert-OH is 1. The summed E-state index contributed by atoms with van der Waals surface area (Å²) in [7, 11) is 0. The standard InChI is InChI=1S/C17H20N4O2/c1-11-14(3-2-6-18-11)17(23)20-7-8-21-13(10-20)9-15(19-21)16(22)12-4-5-12/h2-3,6,9,12,16,22H,4-5,7-8,10H2,1H3. The van der Waals surface area contributed by atoms with Crippen molar-refractivity contribution in [2.45, 2.75) is 39.0 Å². The lowest BCUT2D eigenvalue weighted by Gasteiger charge is -2.28. The van der Waals surface area contributed by atoms with Crippen LogP contribution in [0.25, 0.3) is 0 Å². The molecule has 1 fully saturated rings. The lowest BCUT2D eigenvalue weighted by atomic mass is 10.1. The number of aliphatic hydroxyl groups is 1. The zero-order valence-electron chi connectivity index (χ0n) is 13.1. The van der Waals surface area contributed by atoms with Crippen molar-refractivity contribution >= 4 is 5.91 Å². The first-order chi connectivity index (χ1) is 11.1. The van der Waals surface area contributed by atoms with Crippen LogP contribution in [0.4, 0.5) is 0 Å². The third-order valence-electron chi connectivity index (χ3n) is 4.71. The second-order valence-electron chi connectivity index (χ2n) is 6.43. The molecular formula is C17H20N4O2. The molecule has 1 atom stereocenters. The molecular weight excluding hydrogens is 292 g/mol. The van der Waals surface area contributed by atoms with Crippen molar-refractivity contribution in [3.05, 3.63) is 47.0 Å². The summed E-state index contributed by atoms with van der Waals surface area (Å²) in [5.41, 5.74) is 3.13. The van der Waals surface area contributed by atoms with Crippen molar-refractivity contribution in [3.63, 3.8) is 0 Å². The summed E-state index contributed by atoms with van der Waals surface area (Å²) in [6.07, 6.45) is 3.39. The summed E-state index contributed by atoms with van der Waals surface area (Å²) in [6, 6.07) is 5.55. The van der Waals surface area contributed by atoms with E-state index in [1.807, 2.05) is 28.6 Å². The number of nitrogens with zero attached hydrogens (tertiary/aromatic N) is 4. The Kier molecular flexibility index (Phi) is 3.41. The first-order valence-corrected chi connectivity index (χ1v) is 8.09. The minimum absolute atomic E-state index is 0.00680. The van der Waals surface area contributed by atoms with Gasteiger partial charge >= 0.3 is 0 Å². The number of amides is 1. The molecule has 1 unspecified atom stereocenters. The SMILES string of the molecule is Cc1ncccc1C(=O)N1CCn2nc(C(O)C3CC3)cc2C1. The van der Waals surface area contributed by atoms with Gasteiger partial charge in [0, 0.05) is 18.4 Å². The number of carbonyl (C=O) groups excluding carboxylic acids is 1. The van der Waals surface area contributed by atoms with Gasteiger partial charge in [0.15, 0.2) is 0 Å². The Bertz CT molecular complexity index is 751. The van der Waals surface area contributed by atoms with E-state index < -0.39 is 6.10 Å². The van der Waals surface area contributed by atoms with E-state index in [1.165, 1.54) is 0 Å². The minimum Gasteiger partial charge on any atom is -0.386 e. The Morgan fingerprint density at radius 1 is 1.39 bits per heavy atom. The second-order valence-corrected chi connectivity index (χ2v) is 6.43. The highest BCUT2D eigenvalue weighted by atomic mass is 16.3. The maximum Gasteiger partial charge on any atom is 0.256 e. The zero-order valence-corrected chi connectivity index (χ0v) is 13.1. The van der Waals surface area contributed by atoms with Crippen LogP contribution in [0.3, 0.4) is 0 Å². The molecule has 1 saturated carbocycles.